The Morgan fingerprint density at radius 1 is 1.29 bits per heavy atom. The number of hydrogen-bond acceptors (Lipinski definition) is 2. The van der Waals surface area contributed by atoms with E-state index in [0.29, 0.717) is 12.6 Å². The zero-order valence-corrected chi connectivity index (χ0v) is 9.73. The molecule has 0 bridgehead atoms. The van der Waals surface area contributed by atoms with Crippen LogP contribution < -0.4 is 10.6 Å². The second kappa shape index (κ2) is 9.00. The molecular formula is C11H24N2O. The summed E-state index contributed by atoms with van der Waals surface area (Å²) in [5.74, 6) is 0.0606. The Kier molecular flexibility index (Phi) is 8.64. The number of carbonyl (C=O) groups excluding carboxylic acids is 1. The molecule has 3 nitrogen and oxygen atoms in total. The summed E-state index contributed by atoms with van der Waals surface area (Å²) in [6.07, 6.45) is 6.33. The molecule has 0 aromatic carbocycles. The van der Waals surface area contributed by atoms with Crippen molar-refractivity contribution >= 4 is 5.91 Å². The van der Waals surface area contributed by atoms with Crippen molar-refractivity contribution in [3.05, 3.63) is 0 Å². The van der Waals surface area contributed by atoms with Crippen molar-refractivity contribution in [2.24, 2.45) is 0 Å². The van der Waals surface area contributed by atoms with Gasteiger partial charge >= 0.3 is 0 Å². The quantitative estimate of drug-likeness (QED) is 0.585. The summed E-state index contributed by atoms with van der Waals surface area (Å²) >= 11 is 0. The Labute approximate surface area is 87.6 Å². The maximum absolute atomic E-state index is 10.9. The SMILES string of the molecule is CCCCCCC(C)NCC(=O)NC. The fourth-order valence-electron chi connectivity index (χ4n) is 1.33. The molecule has 14 heavy (non-hydrogen) atoms. The summed E-state index contributed by atoms with van der Waals surface area (Å²) in [5, 5.41) is 5.79. The van der Waals surface area contributed by atoms with E-state index in [-0.39, 0.29) is 5.91 Å². The van der Waals surface area contributed by atoms with Gasteiger partial charge < -0.3 is 10.6 Å². The molecule has 84 valence electrons. The molecule has 0 radical (unpaired) electrons. The van der Waals surface area contributed by atoms with Gasteiger partial charge in [0, 0.05) is 13.1 Å². The summed E-state index contributed by atoms with van der Waals surface area (Å²) in [5.41, 5.74) is 0. The average molecular weight is 200 g/mol. The molecule has 0 aromatic rings. The van der Waals surface area contributed by atoms with E-state index in [9.17, 15) is 4.79 Å². The van der Waals surface area contributed by atoms with Crippen LogP contribution in [0.5, 0.6) is 0 Å². The molecule has 0 spiro atoms. The first-order chi connectivity index (χ1) is 6.70. The highest BCUT2D eigenvalue weighted by molar-refractivity contribution is 5.77. The fraction of sp³-hybridized carbons (Fsp3) is 0.909. The largest absolute Gasteiger partial charge is 0.358 e. The Morgan fingerprint density at radius 3 is 2.57 bits per heavy atom. The lowest BCUT2D eigenvalue weighted by atomic mass is 10.1. The number of rotatable bonds is 8. The minimum atomic E-state index is 0.0606. The van der Waals surface area contributed by atoms with Gasteiger partial charge in [-0.2, -0.15) is 0 Å². The Balaban J connectivity index is 3.27. The molecule has 1 unspecified atom stereocenters. The maximum Gasteiger partial charge on any atom is 0.233 e. The molecule has 3 heteroatoms. The van der Waals surface area contributed by atoms with E-state index >= 15 is 0 Å². The van der Waals surface area contributed by atoms with Gasteiger partial charge in [0.15, 0.2) is 0 Å². The van der Waals surface area contributed by atoms with Gasteiger partial charge in [-0.3, -0.25) is 4.79 Å². The molecule has 1 atom stereocenters. The van der Waals surface area contributed by atoms with E-state index in [1.807, 2.05) is 0 Å². The Morgan fingerprint density at radius 2 is 2.00 bits per heavy atom. The molecule has 0 aliphatic carbocycles. The predicted octanol–water partition coefficient (Wildman–Crippen LogP) is 1.68. The van der Waals surface area contributed by atoms with Gasteiger partial charge in [0.1, 0.15) is 0 Å². The van der Waals surface area contributed by atoms with Crippen molar-refractivity contribution < 1.29 is 4.79 Å². The molecular weight excluding hydrogens is 176 g/mol. The van der Waals surface area contributed by atoms with Gasteiger partial charge in [0.05, 0.1) is 6.54 Å². The summed E-state index contributed by atoms with van der Waals surface area (Å²) in [7, 11) is 1.66. The van der Waals surface area contributed by atoms with Crippen molar-refractivity contribution in [2.75, 3.05) is 13.6 Å². The van der Waals surface area contributed by atoms with E-state index in [1.165, 1.54) is 25.7 Å². The zero-order valence-electron chi connectivity index (χ0n) is 9.73. The first kappa shape index (κ1) is 13.4. The summed E-state index contributed by atoms with van der Waals surface area (Å²) < 4.78 is 0. The van der Waals surface area contributed by atoms with Crippen LogP contribution >= 0.6 is 0 Å². The van der Waals surface area contributed by atoms with Crippen molar-refractivity contribution in [3.8, 4) is 0 Å². The van der Waals surface area contributed by atoms with Crippen LogP contribution in [0.25, 0.3) is 0 Å². The van der Waals surface area contributed by atoms with Crippen LogP contribution in [0.2, 0.25) is 0 Å². The van der Waals surface area contributed by atoms with Gasteiger partial charge in [-0.25, -0.2) is 0 Å². The third-order valence-corrected chi connectivity index (χ3v) is 2.38. The minimum absolute atomic E-state index is 0.0606. The van der Waals surface area contributed by atoms with E-state index < -0.39 is 0 Å². The molecule has 2 N–H and O–H groups in total. The van der Waals surface area contributed by atoms with Crippen LogP contribution in [0.3, 0.4) is 0 Å². The van der Waals surface area contributed by atoms with Crippen LogP contribution in [0.4, 0.5) is 0 Å². The first-order valence-corrected chi connectivity index (χ1v) is 5.64. The fourth-order valence-corrected chi connectivity index (χ4v) is 1.33. The van der Waals surface area contributed by atoms with Gasteiger partial charge in [0.2, 0.25) is 5.91 Å². The lowest BCUT2D eigenvalue weighted by molar-refractivity contribution is -0.119. The second-order valence-electron chi connectivity index (χ2n) is 3.80. The number of unbranched alkanes of at least 4 members (excludes halogenated alkanes) is 3. The maximum atomic E-state index is 10.9. The lowest BCUT2D eigenvalue weighted by Crippen LogP contribution is -2.36. The Bertz CT molecular complexity index is 148. The first-order valence-electron chi connectivity index (χ1n) is 5.64. The molecule has 1 amide bonds. The Hall–Kier alpha value is -0.570. The normalized spacial score (nSPS) is 12.5. The molecule has 0 aromatic heterocycles. The van der Waals surface area contributed by atoms with Crippen LogP contribution in [-0.4, -0.2) is 25.5 Å². The monoisotopic (exact) mass is 200 g/mol. The predicted molar refractivity (Wildman–Crippen MR) is 60.3 cm³/mol. The number of amides is 1. The number of carbonyl (C=O) groups is 1. The highest BCUT2D eigenvalue weighted by atomic mass is 16.1. The van der Waals surface area contributed by atoms with E-state index in [4.69, 9.17) is 0 Å². The molecule has 0 heterocycles. The lowest BCUT2D eigenvalue weighted by Gasteiger charge is -2.12. The third-order valence-electron chi connectivity index (χ3n) is 2.38. The molecule has 0 fully saturated rings. The highest BCUT2D eigenvalue weighted by Crippen LogP contribution is 2.04. The van der Waals surface area contributed by atoms with Gasteiger partial charge in [-0.15, -0.1) is 0 Å². The molecule has 0 aliphatic heterocycles. The molecule has 0 saturated heterocycles. The summed E-state index contributed by atoms with van der Waals surface area (Å²) in [6.45, 7) is 4.79. The molecule has 0 saturated carbocycles. The molecule has 0 rings (SSSR count). The van der Waals surface area contributed by atoms with Crippen LogP contribution in [0, 0.1) is 0 Å². The minimum Gasteiger partial charge on any atom is -0.358 e. The van der Waals surface area contributed by atoms with Gasteiger partial charge in [-0.1, -0.05) is 32.6 Å². The smallest absolute Gasteiger partial charge is 0.233 e. The van der Waals surface area contributed by atoms with Crippen LogP contribution in [0.1, 0.15) is 46.0 Å². The highest BCUT2D eigenvalue weighted by Gasteiger charge is 2.03. The average Bonchev–Trinajstić information content (AvgIpc) is 2.21. The number of nitrogens with one attached hydrogen (secondary N) is 2. The van der Waals surface area contributed by atoms with Crippen molar-refractivity contribution in [2.45, 2.75) is 52.0 Å². The van der Waals surface area contributed by atoms with E-state index in [2.05, 4.69) is 24.5 Å². The van der Waals surface area contributed by atoms with Gasteiger partial charge in [0.25, 0.3) is 0 Å². The number of hydrogen-bond donors (Lipinski definition) is 2. The topological polar surface area (TPSA) is 41.1 Å². The molecule has 0 aliphatic rings. The van der Waals surface area contributed by atoms with Crippen molar-refractivity contribution in [1.29, 1.82) is 0 Å². The number of likely N-dealkylation sites (N-methyl/N-ethyl adjacent to an activating group) is 1. The standard InChI is InChI=1S/C11H24N2O/c1-4-5-6-7-8-10(2)13-9-11(14)12-3/h10,13H,4-9H2,1-3H3,(H,12,14). The second-order valence-corrected chi connectivity index (χ2v) is 3.80. The third kappa shape index (κ3) is 8.05. The van der Waals surface area contributed by atoms with Crippen molar-refractivity contribution in [1.82, 2.24) is 10.6 Å². The summed E-state index contributed by atoms with van der Waals surface area (Å²) in [6, 6.07) is 0.448. The van der Waals surface area contributed by atoms with Crippen LogP contribution in [-0.2, 0) is 4.79 Å². The van der Waals surface area contributed by atoms with Gasteiger partial charge in [-0.05, 0) is 13.3 Å². The van der Waals surface area contributed by atoms with E-state index in [1.54, 1.807) is 7.05 Å². The van der Waals surface area contributed by atoms with E-state index in [0.717, 1.165) is 6.42 Å². The summed E-state index contributed by atoms with van der Waals surface area (Å²) in [4.78, 5) is 10.9. The zero-order chi connectivity index (χ0) is 10.8. The van der Waals surface area contributed by atoms with Crippen molar-refractivity contribution in [3.63, 3.8) is 0 Å². The van der Waals surface area contributed by atoms with Crippen LogP contribution in [0.15, 0.2) is 0 Å².